The Morgan fingerprint density at radius 3 is 1.35 bits per heavy atom. The summed E-state index contributed by atoms with van der Waals surface area (Å²) in [7, 11) is 0. The van der Waals surface area contributed by atoms with E-state index >= 15 is 0 Å². The zero-order valence-corrected chi connectivity index (χ0v) is 23.9. The number of aryl methyl sites for hydroxylation is 1. The molecule has 0 unspecified atom stereocenters. The van der Waals surface area contributed by atoms with Gasteiger partial charge in [0, 0.05) is 0 Å². The molecule has 0 saturated carbocycles. The molecule has 0 heterocycles. The van der Waals surface area contributed by atoms with Crippen LogP contribution in [-0.4, -0.2) is 0 Å². The van der Waals surface area contributed by atoms with E-state index < -0.39 is 0 Å². The number of benzene rings is 8. The van der Waals surface area contributed by atoms with Crippen molar-refractivity contribution in [2.45, 2.75) is 6.92 Å². The molecule has 0 radical (unpaired) electrons. The Balaban J connectivity index is 1.46. The third-order valence-corrected chi connectivity index (χ3v) is 9.35. The van der Waals surface area contributed by atoms with Crippen LogP contribution >= 0.6 is 0 Å². The minimum absolute atomic E-state index is 1.25. The van der Waals surface area contributed by atoms with Gasteiger partial charge in [-0.3, -0.25) is 0 Å². The lowest BCUT2D eigenvalue weighted by molar-refractivity contribution is 1.53. The first-order valence-electron chi connectivity index (χ1n) is 15.0. The van der Waals surface area contributed by atoms with E-state index in [9.17, 15) is 0 Å². The molecule has 43 heavy (non-hydrogen) atoms. The van der Waals surface area contributed by atoms with Crippen LogP contribution in [-0.2, 0) is 0 Å². The predicted octanol–water partition coefficient (Wildman–Crippen LogP) is 12.1. The number of rotatable bonds is 3. The molecule has 0 atom stereocenters. The van der Waals surface area contributed by atoms with Crippen molar-refractivity contribution in [3.8, 4) is 55.6 Å². The summed E-state index contributed by atoms with van der Waals surface area (Å²) in [5, 5.41) is 7.86. The van der Waals surface area contributed by atoms with Crippen LogP contribution in [0.2, 0.25) is 0 Å². The topological polar surface area (TPSA) is 0 Å². The minimum Gasteiger partial charge on any atom is -0.0622 e. The van der Waals surface area contributed by atoms with Crippen LogP contribution in [0.4, 0.5) is 0 Å². The zero-order chi connectivity index (χ0) is 28.5. The Morgan fingerprint density at radius 2 is 0.721 bits per heavy atom. The lowest BCUT2D eigenvalue weighted by atomic mass is 9.82. The molecule has 200 valence electrons. The monoisotopic (exact) mass is 544 g/mol. The Kier molecular flexibility index (Phi) is 5.21. The molecule has 8 aromatic carbocycles. The van der Waals surface area contributed by atoms with Gasteiger partial charge in [-0.1, -0.05) is 152 Å². The molecule has 9 rings (SSSR count). The number of fused-ring (bicyclic) bond motifs is 5. The molecule has 0 saturated heterocycles. The Morgan fingerprint density at radius 1 is 0.279 bits per heavy atom. The molecular weight excluding hydrogens is 516 g/mol. The van der Waals surface area contributed by atoms with Gasteiger partial charge in [0.05, 0.1) is 0 Å². The fraction of sp³-hybridized carbons (Fsp3) is 0.0233. The molecule has 0 bridgehead atoms. The third-order valence-electron chi connectivity index (χ3n) is 9.35. The maximum Gasteiger partial charge on any atom is -0.000741 e. The molecular formula is C43H28. The van der Waals surface area contributed by atoms with Crippen molar-refractivity contribution in [3.63, 3.8) is 0 Å². The van der Waals surface area contributed by atoms with Gasteiger partial charge >= 0.3 is 0 Å². The second kappa shape index (κ2) is 9.28. The normalized spacial score (nSPS) is 11.8. The quantitative estimate of drug-likeness (QED) is 0.207. The molecule has 0 spiro atoms. The van der Waals surface area contributed by atoms with Gasteiger partial charge in [0.1, 0.15) is 0 Å². The van der Waals surface area contributed by atoms with E-state index in [1.807, 2.05) is 0 Å². The van der Waals surface area contributed by atoms with Gasteiger partial charge in [-0.2, -0.15) is 0 Å². The van der Waals surface area contributed by atoms with Crippen molar-refractivity contribution in [1.29, 1.82) is 0 Å². The molecule has 0 heteroatoms. The second-order valence-electron chi connectivity index (χ2n) is 11.6. The fourth-order valence-electron chi connectivity index (χ4n) is 7.53. The lowest BCUT2D eigenvalue weighted by Gasteiger charge is -2.20. The van der Waals surface area contributed by atoms with Crippen LogP contribution in [0.1, 0.15) is 5.56 Å². The smallest absolute Gasteiger partial charge is 0.000741 e. The summed E-state index contributed by atoms with van der Waals surface area (Å²) in [6, 6.07) is 55.9. The van der Waals surface area contributed by atoms with Crippen LogP contribution in [0.5, 0.6) is 0 Å². The molecule has 0 fully saturated rings. The lowest BCUT2D eigenvalue weighted by Crippen LogP contribution is -1.93. The van der Waals surface area contributed by atoms with Gasteiger partial charge in [-0.25, -0.2) is 0 Å². The highest BCUT2D eigenvalue weighted by molar-refractivity contribution is 6.29. The predicted molar refractivity (Wildman–Crippen MR) is 184 cm³/mol. The summed E-state index contributed by atoms with van der Waals surface area (Å²) in [6.45, 7) is 2.21. The molecule has 0 amide bonds. The van der Waals surface area contributed by atoms with Crippen LogP contribution in [0.3, 0.4) is 0 Å². The molecule has 8 aromatic rings. The molecule has 0 aliphatic heterocycles. The maximum atomic E-state index is 2.39. The largest absolute Gasteiger partial charge is 0.0622 e. The highest BCUT2D eigenvalue weighted by Gasteiger charge is 2.31. The Hall–Kier alpha value is -5.46. The maximum absolute atomic E-state index is 2.39. The van der Waals surface area contributed by atoms with Gasteiger partial charge in [-0.15, -0.1) is 0 Å². The third kappa shape index (κ3) is 3.44. The minimum atomic E-state index is 1.25. The van der Waals surface area contributed by atoms with Gasteiger partial charge in [0.15, 0.2) is 0 Å². The molecule has 1 aliphatic carbocycles. The van der Waals surface area contributed by atoms with E-state index in [0.29, 0.717) is 0 Å². The van der Waals surface area contributed by atoms with Gasteiger partial charge in [0.2, 0.25) is 0 Å². The number of hydrogen-bond donors (Lipinski definition) is 0. The molecule has 0 aromatic heterocycles. The van der Waals surface area contributed by atoms with Crippen molar-refractivity contribution in [2.75, 3.05) is 0 Å². The van der Waals surface area contributed by atoms with Gasteiger partial charge in [-0.05, 0) is 100 Å². The summed E-state index contributed by atoms with van der Waals surface area (Å²) >= 11 is 0. The van der Waals surface area contributed by atoms with Gasteiger partial charge in [0.25, 0.3) is 0 Å². The summed E-state index contributed by atoms with van der Waals surface area (Å²) in [5.74, 6) is 0. The SMILES string of the molecule is Cc1ccc(-c2ccc3c4c(cccc24)-c2c-3c(-c3ccccc3)c3ccccc3c2-c2ccccc2)c2ccccc12. The van der Waals surface area contributed by atoms with E-state index in [2.05, 4.69) is 159 Å². The van der Waals surface area contributed by atoms with Crippen LogP contribution < -0.4 is 0 Å². The van der Waals surface area contributed by atoms with Crippen molar-refractivity contribution in [1.82, 2.24) is 0 Å². The summed E-state index contributed by atoms with van der Waals surface area (Å²) < 4.78 is 0. The first-order chi connectivity index (χ1) is 21.3. The first kappa shape index (κ1) is 24.2. The van der Waals surface area contributed by atoms with Crippen LogP contribution in [0, 0.1) is 6.92 Å². The highest BCUT2D eigenvalue weighted by atomic mass is 14.3. The standard InChI is InChI=1S/C43H28/c1-27-23-24-32(31-18-9-8-17-30(27)31)33-25-26-38-41-34(33)21-12-22-37(41)42-39(28-13-4-2-5-14-28)35-19-10-11-20-36(35)40(43(38)42)29-15-6-3-7-16-29/h2-26H,1H3. The van der Waals surface area contributed by atoms with Crippen LogP contribution in [0.15, 0.2) is 152 Å². The van der Waals surface area contributed by atoms with E-state index in [4.69, 9.17) is 0 Å². The molecule has 0 N–H and O–H groups in total. The average Bonchev–Trinajstić information content (AvgIpc) is 3.40. The van der Waals surface area contributed by atoms with E-state index in [0.717, 1.165) is 0 Å². The zero-order valence-electron chi connectivity index (χ0n) is 23.9. The van der Waals surface area contributed by atoms with Crippen molar-refractivity contribution < 1.29 is 0 Å². The second-order valence-corrected chi connectivity index (χ2v) is 11.6. The number of hydrogen-bond acceptors (Lipinski definition) is 0. The van der Waals surface area contributed by atoms with E-state index in [1.165, 1.54) is 93.5 Å². The van der Waals surface area contributed by atoms with Crippen LogP contribution in [0.25, 0.3) is 88.0 Å². The fourth-order valence-corrected chi connectivity index (χ4v) is 7.53. The van der Waals surface area contributed by atoms with E-state index in [1.54, 1.807) is 0 Å². The molecule has 0 nitrogen and oxygen atoms in total. The van der Waals surface area contributed by atoms with Crippen molar-refractivity contribution in [2.24, 2.45) is 0 Å². The first-order valence-corrected chi connectivity index (χ1v) is 15.0. The van der Waals surface area contributed by atoms with Crippen molar-refractivity contribution >= 4 is 32.3 Å². The summed E-state index contributed by atoms with van der Waals surface area (Å²) in [6.07, 6.45) is 0. The molecule has 1 aliphatic rings. The van der Waals surface area contributed by atoms with Gasteiger partial charge < -0.3 is 0 Å². The Bertz CT molecular complexity index is 2290. The summed E-state index contributed by atoms with van der Waals surface area (Å²) in [4.78, 5) is 0. The summed E-state index contributed by atoms with van der Waals surface area (Å²) in [5.41, 5.74) is 14.4. The van der Waals surface area contributed by atoms with Crippen molar-refractivity contribution in [3.05, 3.63) is 157 Å². The van der Waals surface area contributed by atoms with E-state index in [-0.39, 0.29) is 0 Å². The average molecular weight is 545 g/mol. The Labute approximate surface area is 251 Å². The highest BCUT2D eigenvalue weighted by Crippen LogP contribution is 2.58.